The van der Waals surface area contributed by atoms with Gasteiger partial charge in [0.05, 0.1) is 22.5 Å². The summed E-state index contributed by atoms with van der Waals surface area (Å²) >= 11 is 5.79. The first-order chi connectivity index (χ1) is 14.0. The van der Waals surface area contributed by atoms with Crippen molar-refractivity contribution >= 4 is 23.6 Å². The van der Waals surface area contributed by atoms with Gasteiger partial charge in [0.25, 0.3) is 0 Å². The first-order valence-electron chi connectivity index (χ1n) is 8.08. The summed E-state index contributed by atoms with van der Waals surface area (Å²) < 4.78 is 80.1. The maximum absolute atomic E-state index is 12.6. The van der Waals surface area contributed by atoms with Crippen LogP contribution in [0.2, 0.25) is 5.02 Å². The molecule has 2 heterocycles. The third-order valence-corrected chi connectivity index (χ3v) is 3.95. The molecule has 0 amide bonds. The Hall–Kier alpha value is -3.21. The number of hydrogen-bond donors (Lipinski definition) is 1. The van der Waals surface area contributed by atoms with Crippen LogP contribution >= 0.6 is 11.6 Å². The Morgan fingerprint density at radius 1 is 1.07 bits per heavy atom. The summed E-state index contributed by atoms with van der Waals surface area (Å²) in [6, 6.07) is 9.21. The van der Waals surface area contributed by atoms with Gasteiger partial charge >= 0.3 is 12.5 Å². The lowest BCUT2D eigenvalue weighted by atomic mass is 10.3. The van der Waals surface area contributed by atoms with E-state index < -0.39 is 18.1 Å². The largest absolute Gasteiger partial charge is 0.573 e. The fourth-order valence-electron chi connectivity index (χ4n) is 2.38. The molecule has 0 saturated carbocycles. The normalized spacial score (nSPS) is 12.4. The van der Waals surface area contributed by atoms with Crippen molar-refractivity contribution in [2.75, 3.05) is 5.43 Å². The van der Waals surface area contributed by atoms with Crippen LogP contribution in [0.25, 0.3) is 5.69 Å². The molecule has 1 N–H and O–H groups in total. The summed E-state index contributed by atoms with van der Waals surface area (Å²) in [5.41, 5.74) is 2.50. The van der Waals surface area contributed by atoms with Gasteiger partial charge in [-0.2, -0.15) is 18.3 Å². The Labute approximate surface area is 170 Å². The van der Waals surface area contributed by atoms with Gasteiger partial charge in [-0.3, -0.25) is 5.43 Å². The smallest absolute Gasteiger partial charge is 0.406 e. The minimum atomic E-state index is -4.79. The molecule has 0 aliphatic heterocycles. The quantitative estimate of drug-likeness (QED) is 0.301. The van der Waals surface area contributed by atoms with Crippen LogP contribution in [0, 0.1) is 0 Å². The van der Waals surface area contributed by atoms with Gasteiger partial charge < -0.3 is 9.30 Å². The summed E-state index contributed by atoms with van der Waals surface area (Å²) in [4.78, 5) is 3.59. The lowest BCUT2D eigenvalue weighted by Gasteiger charge is -2.11. The van der Waals surface area contributed by atoms with Crippen molar-refractivity contribution in [3.8, 4) is 11.4 Å². The average Bonchev–Trinajstić information content (AvgIpc) is 3.10. The second kappa shape index (κ2) is 8.27. The molecule has 0 fully saturated rings. The van der Waals surface area contributed by atoms with E-state index in [1.807, 2.05) is 0 Å². The first-order valence-corrected chi connectivity index (χ1v) is 8.46. The lowest BCUT2D eigenvalue weighted by molar-refractivity contribution is -0.274. The van der Waals surface area contributed by atoms with Crippen molar-refractivity contribution in [2.24, 2.45) is 5.10 Å². The highest BCUT2D eigenvalue weighted by atomic mass is 35.5. The van der Waals surface area contributed by atoms with Gasteiger partial charge in [0, 0.05) is 18.1 Å². The summed E-state index contributed by atoms with van der Waals surface area (Å²) in [7, 11) is 0. The number of benzene rings is 1. The second-order valence-corrected chi connectivity index (χ2v) is 6.17. The van der Waals surface area contributed by atoms with E-state index in [-0.39, 0.29) is 16.6 Å². The molecule has 30 heavy (non-hydrogen) atoms. The third-order valence-electron chi connectivity index (χ3n) is 3.66. The Kier molecular flexibility index (Phi) is 5.92. The topological polar surface area (TPSA) is 51.4 Å². The van der Waals surface area contributed by atoms with Gasteiger partial charge in [-0.1, -0.05) is 11.6 Å². The van der Waals surface area contributed by atoms with Crippen molar-refractivity contribution in [1.82, 2.24) is 9.55 Å². The molecule has 0 spiro atoms. The number of anilines is 1. The fraction of sp³-hybridized carbons (Fsp3) is 0.111. The van der Waals surface area contributed by atoms with Crippen LogP contribution in [-0.4, -0.2) is 22.1 Å². The molecular formula is C18H11ClF6N4O. The maximum atomic E-state index is 12.6. The van der Waals surface area contributed by atoms with Gasteiger partial charge in [-0.05, 0) is 42.5 Å². The van der Waals surface area contributed by atoms with Crippen molar-refractivity contribution in [1.29, 1.82) is 0 Å². The standard InChI is InChI=1S/C18H11ClF6N4O/c19-15-8-11(17(20,21)22)9-26-16(15)28-27-10-13-2-1-7-29(13)12-3-5-14(6-4-12)30-18(23,24)25/h1-10H,(H,26,28)/b27-10-. The van der Waals surface area contributed by atoms with E-state index in [0.29, 0.717) is 17.6 Å². The molecule has 158 valence electrons. The molecule has 1 aromatic carbocycles. The van der Waals surface area contributed by atoms with Crippen LogP contribution in [0.5, 0.6) is 5.75 Å². The number of rotatable bonds is 5. The number of halogens is 7. The van der Waals surface area contributed by atoms with Crippen LogP contribution < -0.4 is 10.2 Å². The zero-order valence-electron chi connectivity index (χ0n) is 14.7. The van der Waals surface area contributed by atoms with E-state index in [2.05, 4.69) is 20.2 Å². The van der Waals surface area contributed by atoms with E-state index in [1.54, 1.807) is 22.9 Å². The molecule has 12 heteroatoms. The van der Waals surface area contributed by atoms with Crippen molar-refractivity contribution in [2.45, 2.75) is 12.5 Å². The zero-order valence-corrected chi connectivity index (χ0v) is 15.4. The molecule has 5 nitrogen and oxygen atoms in total. The molecule has 0 aliphatic rings. The van der Waals surface area contributed by atoms with E-state index in [1.165, 1.54) is 18.3 Å². The number of hydrogen-bond acceptors (Lipinski definition) is 4. The molecule has 2 aromatic heterocycles. The number of alkyl halides is 6. The van der Waals surface area contributed by atoms with Crippen LogP contribution in [0.15, 0.2) is 60.0 Å². The molecule has 0 saturated heterocycles. The summed E-state index contributed by atoms with van der Waals surface area (Å²) in [5, 5.41) is 3.63. The van der Waals surface area contributed by atoms with E-state index in [0.717, 1.165) is 18.2 Å². The highest BCUT2D eigenvalue weighted by Gasteiger charge is 2.32. The number of nitrogens with zero attached hydrogens (tertiary/aromatic N) is 3. The molecule has 0 aliphatic carbocycles. The number of ether oxygens (including phenoxy) is 1. The Morgan fingerprint density at radius 2 is 1.77 bits per heavy atom. The van der Waals surface area contributed by atoms with Crippen molar-refractivity contribution < 1.29 is 31.1 Å². The summed E-state index contributed by atoms with van der Waals surface area (Å²) in [6.45, 7) is 0. The zero-order chi connectivity index (χ0) is 21.9. The number of pyridine rings is 1. The Balaban J connectivity index is 1.72. The van der Waals surface area contributed by atoms with Gasteiger partial charge in [-0.25, -0.2) is 4.98 Å². The summed E-state index contributed by atoms with van der Waals surface area (Å²) in [5.74, 6) is -0.439. The number of hydrazone groups is 1. The fourth-order valence-corrected chi connectivity index (χ4v) is 2.59. The predicted molar refractivity (Wildman–Crippen MR) is 97.9 cm³/mol. The number of aromatic nitrogens is 2. The van der Waals surface area contributed by atoms with Crippen LogP contribution in [0.1, 0.15) is 11.3 Å². The second-order valence-electron chi connectivity index (χ2n) is 5.77. The SMILES string of the molecule is FC(F)(F)Oc1ccc(-n2cccc2/C=N\Nc2ncc(C(F)(F)F)cc2Cl)cc1. The molecule has 0 bridgehead atoms. The highest BCUT2D eigenvalue weighted by molar-refractivity contribution is 6.32. The third kappa shape index (κ3) is 5.44. The van der Waals surface area contributed by atoms with Crippen LogP contribution in [-0.2, 0) is 6.18 Å². The minimum absolute atomic E-state index is 0.0762. The monoisotopic (exact) mass is 448 g/mol. The average molecular weight is 449 g/mol. The molecule has 0 unspecified atom stereocenters. The molecule has 0 radical (unpaired) electrons. The molecule has 3 aromatic rings. The lowest BCUT2D eigenvalue weighted by Crippen LogP contribution is -2.17. The Bertz CT molecular complexity index is 1040. The van der Waals surface area contributed by atoms with Crippen molar-refractivity contribution in [3.05, 3.63) is 71.1 Å². The molecule has 3 rings (SSSR count). The van der Waals surface area contributed by atoms with Crippen LogP contribution in [0.4, 0.5) is 32.2 Å². The molecule has 0 atom stereocenters. The van der Waals surface area contributed by atoms with E-state index in [9.17, 15) is 26.3 Å². The van der Waals surface area contributed by atoms with Gasteiger partial charge in [0.15, 0.2) is 5.82 Å². The minimum Gasteiger partial charge on any atom is -0.406 e. The first kappa shape index (κ1) is 21.5. The van der Waals surface area contributed by atoms with E-state index in [4.69, 9.17) is 11.6 Å². The predicted octanol–water partition coefficient (Wildman–Crippen LogP) is 5.89. The summed E-state index contributed by atoms with van der Waals surface area (Å²) in [6.07, 6.45) is -5.75. The highest BCUT2D eigenvalue weighted by Crippen LogP contribution is 2.32. The molecular weight excluding hydrogens is 438 g/mol. The van der Waals surface area contributed by atoms with Gasteiger partial charge in [-0.15, -0.1) is 13.2 Å². The van der Waals surface area contributed by atoms with Crippen LogP contribution in [0.3, 0.4) is 0 Å². The van der Waals surface area contributed by atoms with Gasteiger partial charge in [0.1, 0.15) is 5.75 Å². The van der Waals surface area contributed by atoms with E-state index >= 15 is 0 Å². The Morgan fingerprint density at radius 3 is 2.37 bits per heavy atom. The maximum Gasteiger partial charge on any atom is 0.573 e. The van der Waals surface area contributed by atoms with Gasteiger partial charge in [0.2, 0.25) is 0 Å². The van der Waals surface area contributed by atoms with Crippen molar-refractivity contribution in [3.63, 3.8) is 0 Å². The number of nitrogens with one attached hydrogen (secondary N) is 1.